The molecule has 0 aliphatic carbocycles. The van der Waals surface area contributed by atoms with Gasteiger partial charge >= 0.3 is 0 Å². The summed E-state index contributed by atoms with van der Waals surface area (Å²) in [4.78, 5) is 28.8. The SMILES string of the molecule is CN(C(=O)C1CSCN1C(=O)CC(C)(C)C)C1CCNC1.Cl. The molecule has 0 saturated carbocycles. The highest BCUT2D eigenvalue weighted by Gasteiger charge is 2.38. The summed E-state index contributed by atoms with van der Waals surface area (Å²) in [6.07, 6.45) is 1.49. The van der Waals surface area contributed by atoms with Crippen molar-refractivity contribution in [3.05, 3.63) is 0 Å². The van der Waals surface area contributed by atoms with Gasteiger partial charge in [0.05, 0.1) is 5.88 Å². The Bertz CT molecular complexity index is 408. The van der Waals surface area contributed by atoms with Gasteiger partial charge in [0.25, 0.3) is 0 Å². The molecule has 7 heteroatoms. The second-order valence-corrected chi connectivity index (χ2v) is 8.21. The lowest BCUT2D eigenvalue weighted by molar-refractivity contribution is -0.144. The maximum Gasteiger partial charge on any atom is 0.246 e. The molecule has 2 rings (SSSR count). The van der Waals surface area contributed by atoms with Crippen LogP contribution in [0.3, 0.4) is 0 Å². The van der Waals surface area contributed by atoms with E-state index in [0.29, 0.717) is 12.3 Å². The summed E-state index contributed by atoms with van der Waals surface area (Å²) in [6.45, 7) is 8.00. The zero-order chi connectivity index (χ0) is 15.6. The first-order valence-corrected chi connectivity index (χ1v) is 8.79. The first-order valence-electron chi connectivity index (χ1n) is 7.64. The molecule has 2 amide bonds. The lowest BCUT2D eigenvalue weighted by Gasteiger charge is -2.31. The first-order chi connectivity index (χ1) is 9.79. The summed E-state index contributed by atoms with van der Waals surface area (Å²) >= 11 is 1.67. The zero-order valence-corrected chi connectivity index (χ0v) is 15.6. The highest BCUT2D eigenvalue weighted by Crippen LogP contribution is 2.27. The van der Waals surface area contributed by atoms with E-state index in [1.54, 1.807) is 16.7 Å². The number of rotatable bonds is 3. The standard InChI is InChI=1S/C15H27N3O2S.ClH/c1-15(2,3)7-13(19)18-10-21-9-12(18)14(20)17(4)11-5-6-16-8-11;/h11-12,16H,5-10H2,1-4H3;1H. The number of carbonyl (C=O) groups excluding carboxylic acids is 2. The Hall–Kier alpha value is -0.460. The fraction of sp³-hybridized carbons (Fsp3) is 0.867. The van der Waals surface area contributed by atoms with Crippen LogP contribution in [0, 0.1) is 5.41 Å². The lowest BCUT2D eigenvalue weighted by Crippen LogP contribution is -2.51. The second kappa shape index (κ2) is 7.88. The van der Waals surface area contributed by atoms with E-state index >= 15 is 0 Å². The van der Waals surface area contributed by atoms with E-state index in [2.05, 4.69) is 26.1 Å². The van der Waals surface area contributed by atoms with Crippen LogP contribution in [-0.2, 0) is 9.59 Å². The molecule has 22 heavy (non-hydrogen) atoms. The Balaban J connectivity index is 0.00000242. The average Bonchev–Trinajstić information content (AvgIpc) is 3.05. The maximum atomic E-state index is 12.7. The number of amides is 2. The fourth-order valence-corrected chi connectivity index (χ4v) is 4.01. The molecule has 0 radical (unpaired) electrons. The predicted octanol–water partition coefficient (Wildman–Crippen LogP) is 1.57. The largest absolute Gasteiger partial charge is 0.340 e. The highest BCUT2D eigenvalue weighted by molar-refractivity contribution is 7.99. The van der Waals surface area contributed by atoms with Crippen LogP contribution < -0.4 is 5.32 Å². The smallest absolute Gasteiger partial charge is 0.246 e. The fourth-order valence-electron chi connectivity index (χ4n) is 2.83. The van der Waals surface area contributed by atoms with Gasteiger partial charge in [-0.15, -0.1) is 24.2 Å². The Kier molecular flexibility index (Phi) is 7.02. The van der Waals surface area contributed by atoms with Gasteiger partial charge in [0.1, 0.15) is 6.04 Å². The van der Waals surface area contributed by atoms with Crippen molar-refractivity contribution in [2.45, 2.75) is 45.7 Å². The molecular weight excluding hydrogens is 322 g/mol. The van der Waals surface area contributed by atoms with Gasteiger partial charge in [-0.05, 0) is 18.4 Å². The highest BCUT2D eigenvalue weighted by atomic mass is 35.5. The number of thioether (sulfide) groups is 1. The van der Waals surface area contributed by atoms with E-state index in [9.17, 15) is 9.59 Å². The van der Waals surface area contributed by atoms with Crippen molar-refractivity contribution in [2.75, 3.05) is 31.8 Å². The van der Waals surface area contributed by atoms with Crippen LogP contribution in [0.25, 0.3) is 0 Å². The van der Waals surface area contributed by atoms with Crippen molar-refractivity contribution in [3.8, 4) is 0 Å². The minimum Gasteiger partial charge on any atom is -0.340 e. The first kappa shape index (κ1) is 19.6. The molecule has 5 nitrogen and oxygen atoms in total. The van der Waals surface area contributed by atoms with Crippen molar-refractivity contribution >= 4 is 36.0 Å². The third kappa shape index (κ3) is 4.77. The van der Waals surface area contributed by atoms with Crippen molar-refractivity contribution in [2.24, 2.45) is 5.41 Å². The van der Waals surface area contributed by atoms with E-state index in [1.807, 2.05) is 11.9 Å². The summed E-state index contributed by atoms with van der Waals surface area (Å²) in [6, 6.07) is -0.0156. The van der Waals surface area contributed by atoms with Crippen LogP contribution in [0.1, 0.15) is 33.6 Å². The van der Waals surface area contributed by atoms with Gasteiger partial charge in [0.2, 0.25) is 11.8 Å². The van der Waals surface area contributed by atoms with Crippen LogP contribution >= 0.6 is 24.2 Å². The van der Waals surface area contributed by atoms with Gasteiger partial charge in [0.15, 0.2) is 0 Å². The van der Waals surface area contributed by atoms with Crippen molar-refractivity contribution in [3.63, 3.8) is 0 Å². The topological polar surface area (TPSA) is 52.7 Å². The monoisotopic (exact) mass is 349 g/mol. The molecule has 1 N–H and O–H groups in total. The number of likely N-dealkylation sites (N-methyl/N-ethyl adjacent to an activating group) is 1. The molecule has 128 valence electrons. The molecule has 0 aromatic heterocycles. The summed E-state index contributed by atoms with van der Waals surface area (Å²) in [5, 5.41) is 3.28. The number of halogens is 1. The van der Waals surface area contributed by atoms with Crippen LogP contribution in [0.2, 0.25) is 0 Å². The van der Waals surface area contributed by atoms with Crippen LogP contribution in [0.4, 0.5) is 0 Å². The van der Waals surface area contributed by atoms with Crippen molar-refractivity contribution in [1.82, 2.24) is 15.1 Å². The minimum atomic E-state index is -0.282. The summed E-state index contributed by atoms with van der Waals surface area (Å²) in [7, 11) is 1.87. The van der Waals surface area contributed by atoms with Gasteiger partial charge in [-0.2, -0.15) is 0 Å². The van der Waals surface area contributed by atoms with Crippen LogP contribution in [-0.4, -0.2) is 65.5 Å². The molecule has 2 unspecified atom stereocenters. The number of nitrogens with one attached hydrogen (secondary N) is 1. The quantitative estimate of drug-likeness (QED) is 0.840. The maximum absolute atomic E-state index is 12.7. The summed E-state index contributed by atoms with van der Waals surface area (Å²) in [5.41, 5.74) is -0.0424. The minimum absolute atomic E-state index is 0. The number of hydrogen-bond donors (Lipinski definition) is 1. The molecule has 2 fully saturated rings. The number of carbonyl (C=O) groups is 2. The van der Waals surface area contributed by atoms with Gasteiger partial charge in [-0.1, -0.05) is 20.8 Å². The van der Waals surface area contributed by atoms with Crippen LogP contribution in [0.5, 0.6) is 0 Å². The molecule has 0 aromatic carbocycles. The van der Waals surface area contributed by atoms with E-state index in [-0.39, 0.29) is 41.7 Å². The van der Waals surface area contributed by atoms with Crippen molar-refractivity contribution < 1.29 is 9.59 Å². The summed E-state index contributed by atoms with van der Waals surface area (Å²) in [5.74, 6) is 1.56. The molecule has 0 spiro atoms. The molecule has 0 bridgehead atoms. The zero-order valence-electron chi connectivity index (χ0n) is 13.9. The Morgan fingerprint density at radius 3 is 2.59 bits per heavy atom. The van der Waals surface area contributed by atoms with E-state index in [4.69, 9.17) is 0 Å². The van der Waals surface area contributed by atoms with Gasteiger partial charge < -0.3 is 15.1 Å². The molecule has 2 saturated heterocycles. The van der Waals surface area contributed by atoms with Gasteiger partial charge in [-0.25, -0.2) is 0 Å². The molecule has 2 aliphatic heterocycles. The summed E-state index contributed by atoms with van der Waals surface area (Å²) < 4.78 is 0. The Labute approximate surface area is 144 Å². The lowest BCUT2D eigenvalue weighted by atomic mass is 9.91. The molecule has 2 atom stereocenters. The molecular formula is C15H28ClN3O2S. The predicted molar refractivity (Wildman–Crippen MR) is 93.3 cm³/mol. The Morgan fingerprint density at radius 2 is 2.05 bits per heavy atom. The second-order valence-electron chi connectivity index (χ2n) is 7.21. The van der Waals surface area contributed by atoms with E-state index in [1.165, 1.54) is 0 Å². The van der Waals surface area contributed by atoms with Gasteiger partial charge in [0, 0.05) is 31.8 Å². The third-order valence-electron chi connectivity index (χ3n) is 4.10. The number of hydrogen-bond acceptors (Lipinski definition) is 4. The van der Waals surface area contributed by atoms with Crippen molar-refractivity contribution in [1.29, 1.82) is 0 Å². The average molecular weight is 350 g/mol. The Morgan fingerprint density at radius 1 is 1.36 bits per heavy atom. The molecule has 2 heterocycles. The van der Waals surface area contributed by atoms with E-state index < -0.39 is 0 Å². The van der Waals surface area contributed by atoms with Gasteiger partial charge in [-0.3, -0.25) is 9.59 Å². The molecule has 0 aromatic rings. The number of nitrogens with zero attached hydrogens (tertiary/aromatic N) is 2. The third-order valence-corrected chi connectivity index (χ3v) is 5.11. The van der Waals surface area contributed by atoms with E-state index in [0.717, 1.165) is 25.3 Å². The normalized spacial score (nSPS) is 25.0. The van der Waals surface area contributed by atoms with Crippen LogP contribution in [0.15, 0.2) is 0 Å². The molecule has 2 aliphatic rings.